The second kappa shape index (κ2) is 7.85. The van der Waals surface area contributed by atoms with E-state index in [0.29, 0.717) is 23.6 Å². The third kappa shape index (κ3) is 4.17. The summed E-state index contributed by atoms with van der Waals surface area (Å²) in [5, 5.41) is 10.5. The van der Waals surface area contributed by atoms with Crippen LogP contribution in [-0.4, -0.2) is 47.0 Å². The SMILES string of the molecule is CC(=O)N1C2=C(CCC=C2)Oc2c1ccc(O)c2C(=O)N(C)CC(=O)OC(C)(C)C. The van der Waals surface area contributed by atoms with E-state index in [4.69, 9.17) is 9.47 Å². The van der Waals surface area contributed by atoms with Crippen LogP contribution in [0.3, 0.4) is 0 Å². The smallest absolute Gasteiger partial charge is 0.326 e. The molecule has 0 atom stereocenters. The largest absolute Gasteiger partial charge is 0.507 e. The maximum atomic E-state index is 13.1. The molecule has 1 aromatic carbocycles. The maximum Gasteiger partial charge on any atom is 0.326 e. The summed E-state index contributed by atoms with van der Waals surface area (Å²) in [6, 6.07) is 2.87. The zero-order valence-corrected chi connectivity index (χ0v) is 17.8. The molecule has 8 nitrogen and oxygen atoms in total. The fraction of sp³-hybridized carbons (Fsp3) is 0.409. The highest BCUT2D eigenvalue weighted by Crippen LogP contribution is 2.45. The van der Waals surface area contributed by atoms with E-state index in [1.165, 1.54) is 31.0 Å². The van der Waals surface area contributed by atoms with E-state index in [0.717, 1.165) is 11.3 Å². The number of esters is 1. The molecular formula is C22H26N2O6. The Hall–Kier alpha value is -3.29. The maximum absolute atomic E-state index is 13.1. The molecule has 160 valence electrons. The number of anilines is 1. The molecule has 0 aromatic heterocycles. The van der Waals surface area contributed by atoms with Gasteiger partial charge in [0.15, 0.2) is 5.75 Å². The standard InChI is InChI=1S/C22H26N2O6/c1-13(25)24-14-8-6-7-9-17(14)29-20-15(24)10-11-16(26)19(20)21(28)23(5)12-18(27)30-22(2,3)4/h6,8,10-11,26H,7,9,12H2,1-5H3. The number of allylic oxidation sites excluding steroid dienone is 3. The highest BCUT2D eigenvalue weighted by molar-refractivity contribution is 6.06. The van der Waals surface area contributed by atoms with Crippen LogP contribution in [0.5, 0.6) is 11.5 Å². The van der Waals surface area contributed by atoms with Crippen LogP contribution in [0.4, 0.5) is 5.69 Å². The van der Waals surface area contributed by atoms with E-state index >= 15 is 0 Å². The van der Waals surface area contributed by atoms with Crippen molar-refractivity contribution in [2.24, 2.45) is 0 Å². The quantitative estimate of drug-likeness (QED) is 0.764. The number of phenols is 1. The van der Waals surface area contributed by atoms with Gasteiger partial charge >= 0.3 is 5.97 Å². The van der Waals surface area contributed by atoms with Crippen molar-refractivity contribution in [2.75, 3.05) is 18.5 Å². The Balaban J connectivity index is 1.98. The highest BCUT2D eigenvalue weighted by atomic mass is 16.6. The Bertz CT molecular complexity index is 971. The fourth-order valence-corrected chi connectivity index (χ4v) is 3.40. The number of fused-ring (bicyclic) bond motifs is 1. The average Bonchev–Trinajstić information content (AvgIpc) is 2.63. The molecule has 1 aliphatic carbocycles. The lowest BCUT2D eigenvalue weighted by atomic mass is 10.0. The van der Waals surface area contributed by atoms with Gasteiger partial charge in [-0.1, -0.05) is 6.08 Å². The van der Waals surface area contributed by atoms with Crippen molar-refractivity contribution in [2.45, 2.75) is 46.1 Å². The van der Waals surface area contributed by atoms with Gasteiger partial charge in [0.05, 0.1) is 11.4 Å². The van der Waals surface area contributed by atoms with Gasteiger partial charge in [0.1, 0.15) is 29.2 Å². The Morgan fingerprint density at radius 3 is 2.60 bits per heavy atom. The molecule has 0 bridgehead atoms. The zero-order chi connectivity index (χ0) is 22.2. The molecule has 1 aromatic rings. The van der Waals surface area contributed by atoms with Crippen LogP contribution in [0.25, 0.3) is 0 Å². The van der Waals surface area contributed by atoms with Gasteiger partial charge < -0.3 is 19.5 Å². The van der Waals surface area contributed by atoms with Gasteiger partial charge in [-0.2, -0.15) is 0 Å². The van der Waals surface area contributed by atoms with Crippen molar-refractivity contribution < 1.29 is 29.0 Å². The number of phenolic OH excluding ortho intramolecular Hbond substituents is 1. The number of rotatable bonds is 3. The zero-order valence-electron chi connectivity index (χ0n) is 17.8. The van der Waals surface area contributed by atoms with Gasteiger partial charge in [-0.05, 0) is 45.4 Å². The predicted octanol–water partition coefficient (Wildman–Crippen LogP) is 3.11. The molecule has 0 radical (unpaired) electrons. The fourth-order valence-electron chi connectivity index (χ4n) is 3.40. The van der Waals surface area contributed by atoms with E-state index < -0.39 is 17.5 Å². The summed E-state index contributed by atoms with van der Waals surface area (Å²) in [5.74, 6) is -1.08. The Labute approximate surface area is 175 Å². The van der Waals surface area contributed by atoms with Crippen LogP contribution in [0, 0.1) is 0 Å². The molecule has 0 saturated heterocycles. The summed E-state index contributed by atoms with van der Waals surface area (Å²) < 4.78 is 11.3. The minimum absolute atomic E-state index is 0.0975. The average molecular weight is 414 g/mol. The number of aromatic hydroxyl groups is 1. The molecule has 30 heavy (non-hydrogen) atoms. The summed E-state index contributed by atoms with van der Waals surface area (Å²) in [7, 11) is 1.44. The van der Waals surface area contributed by atoms with E-state index in [-0.39, 0.29) is 29.5 Å². The van der Waals surface area contributed by atoms with Crippen molar-refractivity contribution in [3.8, 4) is 11.5 Å². The number of likely N-dealkylation sites (N-methyl/N-ethyl adjacent to an activating group) is 1. The van der Waals surface area contributed by atoms with E-state index in [2.05, 4.69) is 0 Å². The Kier molecular flexibility index (Phi) is 5.61. The van der Waals surface area contributed by atoms with Gasteiger partial charge in [0.2, 0.25) is 5.91 Å². The molecule has 0 saturated carbocycles. The number of ether oxygens (including phenoxy) is 2. The Morgan fingerprint density at radius 1 is 1.27 bits per heavy atom. The monoisotopic (exact) mass is 414 g/mol. The van der Waals surface area contributed by atoms with Gasteiger partial charge in [0.25, 0.3) is 5.91 Å². The third-order valence-electron chi connectivity index (χ3n) is 4.58. The van der Waals surface area contributed by atoms with Gasteiger partial charge in [-0.15, -0.1) is 0 Å². The normalized spacial score (nSPS) is 15.2. The molecule has 2 amide bonds. The molecule has 3 rings (SSSR count). The number of hydrogen-bond donors (Lipinski definition) is 1. The lowest BCUT2D eigenvalue weighted by molar-refractivity contribution is -0.155. The molecular weight excluding hydrogens is 388 g/mol. The van der Waals surface area contributed by atoms with Crippen molar-refractivity contribution in [3.63, 3.8) is 0 Å². The number of nitrogens with zero attached hydrogens (tertiary/aromatic N) is 2. The lowest BCUT2D eigenvalue weighted by Crippen LogP contribution is -2.37. The number of carbonyl (C=O) groups excluding carboxylic acids is 3. The molecule has 1 aliphatic heterocycles. The number of hydrogen-bond acceptors (Lipinski definition) is 6. The first-order chi connectivity index (χ1) is 14.0. The molecule has 8 heteroatoms. The minimum atomic E-state index is -0.683. The number of benzene rings is 1. The van der Waals surface area contributed by atoms with Crippen LogP contribution >= 0.6 is 0 Å². The summed E-state index contributed by atoms with van der Waals surface area (Å²) >= 11 is 0. The number of amides is 2. The van der Waals surface area contributed by atoms with Crippen LogP contribution in [-0.2, 0) is 14.3 Å². The van der Waals surface area contributed by atoms with Crippen molar-refractivity contribution in [1.29, 1.82) is 0 Å². The first-order valence-electron chi connectivity index (χ1n) is 9.71. The van der Waals surface area contributed by atoms with E-state index in [1.54, 1.807) is 20.8 Å². The lowest BCUT2D eigenvalue weighted by Gasteiger charge is -2.34. The molecule has 1 N–H and O–H groups in total. The molecule has 0 fully saturated rings. The first kappa shape index (κ1) is 21.4. The van der Waals surface area contributed by atoms with Crippen LogP contribution in [0.15, 0.2) is 35.7 Å². The Morgan fingerprint density at radius 2 is 1.97 bits per heavy atom. The summed E-state index contributed by atoms with van der Waals surface area (Å²) in [6.45, 7) is 6.33. The first-order valence-corrected chi connectivity index (χ1v) is 9.71. The highest BCUT2D eigenvalue weighted by Gasteiger charge is 2.35. The summed E-state index contributed by atoms with van der Waals surface area (Å²) in [5.41, 5.74) is 0.190. The van der Waals surface area contributed by atoms with Gasteiger partial charge in [0, 0.05) is 20.4 Å². The predicted molar refractivity (Wildman–Crippen MR) is 110 cm³/mol. The topological polar surface area (TPSA) is 96.4 Å². The van der Waals surface area contributed by atoms with Gasteiger partial charge in [-0.3, -0.25) is 19.3 Å². The number of carbonyl (C=O) groups is 3. The van der Waals surface area contributed by atoms with Crippen molar-refractivity contribution >= 4 is 23.5 Å². The van der Waals surface area contributed by atoms with E-state index in [9.17, 15) is 19.5 Å². The van der Waals surface area contributed by atoms with Crippen LogP contribution in [0.2, 0.25) is 0 Å². The molecule has 0 spiro atoms. The second-order valence-corrected chi connectivity index (χ2v) is 8.26. The molecule has 1 heterocycles. The van der Waals surface area contributed by atoms with Crippen LogP contribution < -0.4 is 9.64 Å². The molecule has 0 unspecified atom stereocenters. The molecule has 2 aliphatic rings. The van der Waals surface area contributed by atoms with Crippen molar-refractivity contribution in [1.82, 2.24) is 4.90 Å². The van der Waals surface area contributed by atoms with Crippen LogP contribution in [0.1, 0.15) is 50.9 Å². The van der Waals surface area contributed by atoms with Gasteiger partial charge in [-0.25, -0.2) is 0 Å². The minimum Gasteiger partial charge on any atom is -0.507 e. The van der Waals surface area contributed by atoms with Crippen molar-refractivity contribution in [3.05, 3.63) is 41.3 Å². The second-order valence-electron chi connectivity index (χ2n) is 8.26. The summed E-state index contributed by atoms with van der Waals surface area (Å²) in [6.07, 6.45) is 5.06. The summed E-state index contributed by atoms with van der Waals surface area (Å²) in [4.78, 5) is 40.2. The third-order valence-corrected chi connectivity index (χ3v) is 4.58. The van der Waals surface area contributed by atoms with E-state index in [1.807, 2.05) is 12.2 Å².